The minimum atomic E-state index is -0.423. The van der Waals surface area contributed by atoms with Gasteiger partial charge in [-0.1, -0.05) is 20.8 Å². The third-order valence-corrected chi connectivity index (χ3v) is 3.47. The molecule has 0 N–H and O–H groups in total. The maximum Gasteiger partial charge on any atom is 0.290 e. The average Bonchev–Trinajstić information content (AvgIpc) is 2.15. The van der Waals surface area contributed by atoms with Gasteiger partial charge in [0.1, 0.15) is 6.20 Å². The predicted molar refractivity (Wildman–Crippen MR) is 68.4 cm³/mol. The van der Waals surface area contributed by atoms with E-state index in [4.69, 9.17) is 11.6 Å². The SMILES string of the molecule is Cc1cc(CC(Cl)C(C)(C)C)ncc1[N+](=O)[O-]. The van der Waals surface area contributed by atoms with Gasteiger partial charge >= 0.3 is 0 Å². The lowest BCUT2D eigenvalue weighted by Gasteiger charge is -2.24. The maximum absolute atomic E-state index is 10.7. The van der Waals surface area contributed by atoms with Gasteiger partial charge < -0.3 is 0 Å². The van der Waals surface area contributed by atoms with E-state index < -0.39 is 4.92 Å². The second kappa shape index (κ2) is 5.00. The van der Waals surface area contributed by atoms with Gasteiger partial charge in [0.05, 0.1) is 4.92 Å². The number of pyridine rings is 1. The summed E-state index contributed by atoms with van der Waals surface area (Å²) >= 11 is 6.27. The first-order valence-electron chi connectivity index (χ1n) is 5.46. The van der Waals surface area contributed by atoms with Crippen LogP contribution in [0.15, 0.2) is 12.3 Å². The molecular formula is C12H17ClN2O2. The van der Waals surface area contributed by atoms with Crippen LogP contribution < -0.4 is 0 Å². The number of rotatable bonds is 3. The van der Waals surface area contributed by atoms with Crippen LogP contribution in [0.4, 0.5) is 5.69 Å². The zero-order valence-electron chi connectivity index (χ0n) is 10.5. The smallest absolute Gasteiger partial charge is 0.258 e. The summed E-state index contributed by atoms with van der Waals surface area (Å²) in [5.41, 5.74) is 1.45. The van der Waals surface area contributed by atoms with Crippen molar-refractivity contribution in [3.8, 4) is 0 Å². The molecule has 0 saturated carbocycles. The lowest BCUT2D eigenvalue weighted by atomic mass is 9.89. The van der Waals surface area contributed by atoms with Gasteiger partial charge in [-0.2, -0.15) is 0 Å². The first kappa shape index (κ1) is 13.9. The standard InChI is InChI=1S/C12H17ClN2O2/c1-8-5-9(6-11(13)12(2,3)4)14-7-10(8)15(16)17/h5,7,11H,6H2,1-4H3. The first-order chi connectivity index (χ1) is 7.71. The molecule has 94 valence electrons. The minimum Gasteiger partial charge on any atom is -0.258 e. The molecule has 0 aliphatic heterocycles. The number of aromatic nitrogens is 1. The Morgan fingerprint density at radius 2 is 2.12 bits per heavy atom. The summed E-state index contributed by atoms with van der Waals surface area (Å²) < 4.78 is 0. The molecule has 1 aromatic heterocycles. The highest BCUT2D eigenvalue weighted by atomic mass is 35.5. The molecule has 0 amide bonds. The van der Waals surface area contributed by atoms with Crippen LogP contribution in [0.3, 0.4) is 0 Å². The van der Waals surface area contributed by atoms with Crippen LogP contribution in [0.25, 0.3) is 0 Å². The van der Waals surface area contributed by atoms with Crippen molar-refractivity contribution >= 4 is 17.3 Å². The number of aryl methyl sites for hydroxylation is 1. The summed E-state index contributed by atoms with van der Waals surface area (Å²) in [5, 5.41) is 10.6. The number of halogens is 1. The van der Waals surface area contributed by atoms with Crippen LogP contribution in [0.5, 0.6) is 0 Å². The molecule has 0 fully saturated rings. The van der Waals surface area contributed by atoms with Crippen LogP contribution >= 0.6 is 11.6 Å². The number of hydrogen-bond donors (Lipinski definition) is 0. The fraction of sp³-hybridized carbons (Fsp3) is 0.583. The second-order valence-corrected chi connectivity index (χ2v) is 5.78. The molecule has 0 saturated heterocycles. The van der Waals surface area contributed by atoms with E-state index in [0.717, 1.165) is 5.69 Å². The molecular weight excluding hydrogens is 240 g/mol. The summed E-state index contributed by atoms with van der Waals surface area (Å²) in [4.78, 5) is 14.3. The zero-order valence-corrected chi connectivity index (χ0v) is 11.3. The van der Waals surface area contributed by atoms with E-state index >= 15 is 0 Å². The van der Waals surface area contributed by atoms with Crippen molar-refractivity contribution in [2.75, 3.05) is 0 Å². The van der Waals surface area contributed by atoms with Crippen molar-refractivity contribution in [2.24, 2.45) is 5.41 Å². The third-order valence-electron chi connectivity index (χ3n) is 2.66. The van der Waals surface area contributed by atoms with Gasteiger partial charge in [-0.15, -0.1) is 11.6 Å². The zero-order chi connectivity index (χ0) is 13.2. The van der Waals surface area contributed by atoms with Crippen LogP contribution in [0.2, 0.25) is 0 Å². The molecule has 5 heteroatoms. The van der Waals surface area contributed by atoms with Gasteiger partial charge in [0, 0.05) is 23.1 Å². The van der Waals surface area contributed by atoms with Gasteiger partial charge in [0.15, 0.2) is 0 Å². The van der Waals surface area contributed by atoms with Crippen molar-refractivity contribution in [3.05, 3.63) is 33.6 Å². The quantitative estimate of drug-likeness (QED) is 0.473. The lowest BCUT2D eigenvalue weighted by Crippen LogP contribution is -2.23. The molecule has 0 radical (unpaired) electrons. The Kier molecular flexibility index (Phi) is 4.09. The number of alkyl halides is 1. The topological polar surface area (TPSA) is 56.0 Å². The van der Waals surface area contributed by atoms with Gasteiger partial charge in [0.25, 0.3) is 5.69 Å². The molecule has 17 heavy (non-hydrogen) atoms. The number of nitrogens with zero attached hydrogens (tertiary/aromatic N) is 2. The van der Waals surface area contributed by atoms with E-state index in [1.54, 1.807) is 13.0 Å². The predicted octanol–water partition coefficient (Wildman–Crippen LogP) is 3.49. The molecule has 0 aliphatic carbocycles. The molecule has 1 aromatic rings. The van der Waals surface area contributed by atoms with Crippen LogP contribution in [-0.4, -0.2) is 15.3 Å². The summed E-state index contributed by atoms with van der Waals surface area (Å²) in [7, 11) is 0. The summed E-state index contributed by atoms with van der Waals surface area (Å²) in [5.74, 6) is 0. The molecule has 1 atom stereocenters. The highest BCUT2D eigenvalue weighted by Gasteiger charge is 2.23. The minimum absolute atomic E-state index is 0.0150. The average molecular weight is 257 g/mol. The highest BCUT2D eigenvalue weighted by molar-refractivity contribution is 6.21. The Morgan fingerprint density at radius 1 is 1.53 bits per heavy atom. The van der Waals surface area contributed by atoms with E-state index in [0.29, 0.717) is 12.0 Å². The molecule has 0 aromatic carbocycles. The van der Waals surface area contributed by atoms with Crippen molar-refractivity contribution in [3.63, 3.8) is 0 Å². The summed E-state index contributed by atoms with van der Waals surface area (Å²) in [6, 6.07) is 1.74. The van der Waals surface area contributed by atoms with Crippen molar-refractivity contribution in [1.82, 2.24) is 4.98 Å². The largest absolute Gasteiger partial charge is 0.290 e. The van der Waals surface area contributed by atoms with Gasteiger partial charge in [-0.25, -0.2) is 0 Å². The van der Waals surface area contributed by atoms with E-state index in [1.165, 1.54) is 6.20 Å². The lowest BCUT2D eigenvalue weighted by molar-refractivity contribution is -0.385. The Balaban J connectivity index is 2.88. The Hall–Kier alpha value is -1.16. The third kappa shape index (κ3) is 3.66. The molecule has 0 bridgehead atoms. The first-order valence-corrected chi connectivity index (χ1v) is 5.89. The van der Waals surface area contributed by atoms with Gasteiger partial charge in [0.2, 0.25) is 0 Å². The van der Waals surface area contributed by atoms with Gasteiger partial charge in [-0.05, 0) is 18.4 Å². The second-order valence-electron chi connectivity index (χ2n) is 5.26. The molecule has 4 nitrogen and oxygen atoms in total. The Morgan fingerprint density at radius 3 is 2.53 bits per heavy atom. The van der Waals surface area contributed by atoms with Crippen molar-refractivity contribution in [1.29, 1.82) is 0 Å². The van der Waals surface area contributed by atoms with Crippen LogP contribution in [0, 0.1) is 22.5 Å². The van der Waals surface area contributed by atoms with Gasteiger partial charge in [-0.3, -0.25) is 15.1 Å². The molecule has 1 rings (SSSR count). The molecule has 1 heterocycles. The molecule has 0 spiro atoms. The summed E-state index contributed by atoms with van der Waals surface area (Å²) in [6.45, 7) is 7.89. The highest BCUT2D eigenvalue weighted by Crippen LogP contribution is 2.27. The fourth-order valence-corrected chi connectivity index (χ4v) is 1.56. The molecule has 1 unspecified atom stereocenters. The number of nitro groups is 1. The van der Waals surface area contributed by atoms with Crippen molar-refractivity contribution in [2.45, 2.75) is 39.5 Å². The Bertz CT molecular complexity index is 427. The monoisotopic (exact) mass is 256 g/mol. The van der Waals surface area contributed by atoms with Crippen molar-refractivity contribution < 1.29 is 4.92 Å². The van der Waals surface area contributed by atoms with E-state index in [-0.39, 0.29) is 16.5 Å². The maximum atomic E-state index is 10.7. The summed E-state index contributed by atoms with van der Waals surface area (Å²) in [6.07, 6.45) is 1.92. The Labute approximate surface area is 106 Å². The van der Waals surface area contributed by atoms with E-state index in [2.05, 4.69) is 25.8 Å². The fourth-order valence-electron chi connectivity index (χ4n) is 1.40. The normalized spacial score (nSPS) is 13.5. The van der Waals surface area contributed by atoms with Crippen LogP contribution in [0.1, 0.15) is 32.0 Å². The van der Waals surface area contributed by atoms with Crippen LogP contribution in [-0.2, 0) is 6.42 Å². The number of hydrogen-bond acceptors (Lipinski definition) is 3. The van der Waals surface area contributed by atoms with E-state index in [1.807, 2.05) is 0 Å². The molecule has 0 aliphatic rings. The van der Waals surface area contributed by atoms with E-state index in [9.17, 15) is 10.1 Å².